The van der Waals surface area contributed by atoms with E-state index < -0.39 is 18.1 Å². The summed E-state index contributed by atoms with van der Waals surface area (Å²) in [5.74, 6) is -1.28. The van der Waals surface area contributed by atoms with Gasteiger partial charge in [0, 0.05) is 5.02 Å². The summed E-state index contributed by atoms with van der Waals surface area (Å²) >= 11 is 6.24. The van der Waals surface area contributed by atoms with Gasteiger partial charge in [-0.25, -0.2) is 9.96 Å². The summed E-state index contributed by atoms with van der Waals surface area (Å²) < 4.78 is 0. The minimum atomic E-state index is -0.886. The van der Waals surface area contributed by atoms with Crippen molar-refractivity contribution >= 4 is 34.8 Å². The number of para-hydroxylation sites is 1. The second-order valence-corrected chi connectivity index (χ2v) is 8.00. The van der Waals surface area contributed by atoms with Crippen LogP contribution in [0.25, 0.3) is 0 Å². The molecule has 3 atom stereocenters. The van der Waals surface area contributed by atoms with Crippen LogP contribution in [0.5, 0.6) is 0 Å². The first kappa shape index (κ1) is 18.9. The van der Waals surface area contributed by atoms with E-state index in [-0.39, 0.29) is 11.8 Å². The van der Waals surface area contributed by atoms with E-state index in [4.69, 9.17) is 16.4 Å². The molecule has 0 aromatic heterocycles. The summed E-state index contributed by atoms with van der Waals surface area (Å²) in [6.45, 7) is 1.96. The maximum Gasteiger partial charge on any atom is 0.266 e. The first-order valence-electron chi connectivity index (χ1n) is 9.75. The lowest BCUT2D eigenvalue weighted by Crippen LogP contribution is -2.37. The van der Waals surface area contributed by atoms with Crippen molar-refractivity contribution in [1.82, 2.24) is 0 Å². The number of anilines is 2. The number of fused-ring (bicyclic) bond motifs is 1. The highest BCUT2D eigenvalue weighted by atomic mass is 35.5. The Balaban J connectivity index is 1.59. The number of hydrogen-bond acceptors (Lipinski definition) is 4. The SMILES string of the molecule is Cc1ccc(N2C(=O)[C@@H]3[C@@H](ON(c4ccccc4)[C@H]3c3cccc(Cl)c3)C2=O)cc1. The summed E-state index contributed by atoms with van der Waals surface area (Å²) in [7, 11) is 0. The van der Waals surface area contributed by atoms with Crippen molar-refractivity contribution in [3.05, 3.63) is 95.0 Å². The molecule has 0 saturated carbocycles. The Labute approximate surface area is 179 Å². The van der Waals surface area contributed by atoms with Gasteiger partial charge in [-0.1, -0.05) is 59.6 Å². The fourth-order valence-corrected chi connectivity index (χ4v) is 4.39. The number of imide groups is 1. The minimum absolute atomic E-state index is 0.266. The predicted octanol–water partition coefficient (Wildman–Crippen LogP) is 4.70. The minimum Gasteiger partial charge on any atom is -0.273 e. The van der Waals surface area contributed by atoms with E-state index in [2.05, 4.69) is 0 Å². The van der Waals surface area contributed by atoms with Gasteiger partial charge < -0.3 is 0 Å². The van der Waals surface area contributed by atoms with Crippen LogP contribution in [-0.2, 0) is 14.4 Å². The van der Waals surface area contributed by atoms with Crippen LogP contribution >= 0.6 is 11.6 Å². The molecule has 5 rings (SSSR count). The third-order valence-electron chi connectivity index (χ3n) is 5.61. The van der Waals surface area contributed by atoms with Crippen LogP contribution in [0.2, 0.25) is 5.02 Å². The first-order valence-corrected chi connectivity index (χ1v) is 10.1. The largest absolute Gasteiger partial charge is 0.273 e. The molecule has 0 radical (unpaired) electrons. The van der Waals surface area contributed by atoms with Gasteiger partial charge in [0.15, 0.2) is 6.10 Å². The van der Waals surface area contributed by atoms with Crippen molar-refractivity contribution in [2.45, 2.75) is 19.1 Å². The van der Waals surface area contributed by atoms with Gasteiger partial charge in [-0.15, -0.1) is 0 Å². The number of halogens is 1. The predicted molar refractivity (Wildman–Crippen MR) is 115 cm³/mol. The molecule has 0 spiro atoms. The number of rotatable bonds is 3. The number of amides is 2. The molecule has 30 heavy (non-hydrogen) atoms. The zero-order valence-electron chi connectivity index (χ0n) is 16.2. The Morgan fingerprint density at radius 3 is 2.27 bits per heavy atom. The average molecular weight is 419 g/mol. The van der Waals surface area contributed by atoms with Gasteiger partial charge in [0.25, 0.3) is 5.91 Å². The van der Waals surface area contributed by atoms with Gasteiger partial charge in [0.05, 0.1) is 17.4 Å². The molecule has 2 aliphatic heterocycles. The third kappa shape index (κ3) is 2.98. The molecule has 150 valence electrons. The van der Waals surface area contributed by atoms with Gasteiger partial charge in [-0.2, -0.15) is 0 Å². The Kier molecular flexibility index (Phi) is 4.57. The molecule has 0 aliphatic carbocycles. The molecule has 6 heteroatoms. The Morgan fingerprint density at radius 1 is 0.833 bits per heavy atom. The van der Waals surface area contributed by atoms with Crippen LogP contribution < -0.4 is 9.96 Å². The van der Waals surface area contributed by atoms with Crippen LogP contribution in [-0.4, -0.2) is 17.9 Å². The maximum absolute atomic E-state index is 13.5. The average Bonchev–Trinajstić information content (AvgIpc) is 3.26. The number of carbonyl (C=O) groups is 2. The van der Waals surface area contributed by atoms with Gasteiger partial charge in [0.1, 0.15) is 5.92 Å². The molecule has 0 N–H and O–H groups in total. The highest BCUT2D eigenvalue weighted by Gasteiger charge is 2.60. The molecule has 3 aromatic carbocycles. The lowest BCUT2D eigenvalue weighted by Gasteiger charge is -2.28. The van der Waals surface area contributed by atoms with Crippen molar-refractivity contribution in [1.29, 1.82) is 0 Å². The van der Waals surface area contributed by atoms with E-state index in [1.165, 1.54) is 4.90 Å². The summed E-state index contributed by atoms with van der Waals surface area (Å²) in [5.41, 5.74) is 3.22. The first-order chi connectivity index (χ1) is 14.5. The Hall–Kier alpha value is -3.15. The third-order valence-corrected chi connectivity index (χ3v) is 5.84. The molecule has 2 amide bonds. The lowest BCUT2D eigenvalue weighted by atomic mass is 9.90. The van der Waals surface area contributed by atoms with E-state index >= 15 is 0 Å². The highest BCUT2D eigenvalue weighted by molar-refractivity contribution is 6.30. The number of nitrogens with zero attached hydrogens (tertiary/aromatic N) is 2. The fourth-order valence-electron chi connectivity index (χ4n) is 4.19. The molecular weight excluding hydrogens is 400 g/mol. The summed E-state index contributed by atoms with van der Waals surface area (Å²) in [5, 5.41) is 2.24. The van der Waals surface area contributed by atoms with E-state index in [1.807, 2.05) is 67.6 Å². The monoisotopic (exact) mass is 418 g/mol. The standard InChI is InChI=1S/C24H19ClN2O3/c1-15-10-12-18(13-11-15)26-23(28)20-21(16-6-5-7-17(25)14-16)27(30-22(20)24(26)29)19-8-3-2-4-9-19/h2-14,20-22H,1H3/t20-,21-,22+/m0/s1. The number of aryl methyl sites for hydroxylation is 1. The van der Waals surface area contributed by atoms with Crippen molar-refractivity contribution in [2.24, 2.45) is 5.92 Å². The van der Waals surface area contributed by atoms with Gasteiger partial charge >= 0.3 is 0 Å². The fraction of sp³-hybridized carbons (Fsp3) is 0.167. The smallest absolute Gasteiger partial charge is 0.266 e. The molecule has 0 bridgehead atoms. The molecule has 2 aliphatic rings. The van der Waals surface area contributed by atoms with Crippen LogP contribution in [0, 0.1) is 12.8 Å². The van der Waals surface area contributed by atoms with Crippen molar-refractivity contribution in [3.8, 4) is 0 Å². The van der Waals surface area contributed by atoms with Crippen molar-refractivity contribution < 1.29 is 14.4 Å². The van der Waals surface area contributed by atoms with E-state index in [1.54, 1.807) is 23.3 Å². The molecule has 2 heterocycles. The molecule has 2 fully saturated rings. The number of carbonyl (C=O) groups excluding carboxylic acids is 2. The number of hydroxylamine groups is 1. The number of hydrogen-bond donors (Lipinski definition) is 0. The van der Waals surface area contributed by atoms with Crippen molar-refractivity contribution in [2.75, 3.05) is 9.96 Å². The van der Waals surface area contributed by atoms with Crippen molar-refractivity contribution in [3.63, 3.8) is 0 Å². The van der Waals surface area contributed by atoms with E-state index in [9.17, 15) is 9.59 Å². The highest BCUT2D eigenvalue weighted by Crippen LogP contribution is 2.47. The topological polar surface area (TPSA) is 49.9 Å². The zero-order chi connectivity index (χ0) is 20.8. The van der Waals surface area contributed by atoms with Crippen LogP contribution in [0.4, 0.5) is 11.4 Å². The molecule has 3 aromatic rings. The second kappa shape index (κ2) is 7.27. The lowest BCUT2D eigenvalue weighted by molar-refractivity contribution is -0.126. The van der Waals surface area contributed by atoms with Crippen LogP contribution in [0.3, 0.4) is 0 Å². The maximum atomic E-state index is 13.5. The summed E-state index contributed by atoms with van der Waals surface area (Å²) in [4.78, 5) is 34.1. The van der Waals surface area contributed by atoms with Crippen LogP contribution in [0.1, 0.15) is 17.2 Å². The molecule has 5 nitrogen and oxygen atoms in total. The molecule has 0 unspecified atom stereocenters. The zero-order valence-corrected chi connectivity index (χ0v) is 17.0. The normalized spacial score (nSPS) is 23.2. The second-order valence-electron chi connectivity index (χ2n) is 7.56. The summed E-state index contributed by atoms with van der Waals surface area (Å²) in [6.07, 6.45) is -0.886. The molecular formula is C24H19ClN2O3. The van der Waals surface area contributed by atoms with Crippen LogP contribution in [0.15, 0.2) is 78.9 Å². The van der Waals surface area contributed by atoms with E-state index in [0.29, 0.717) is 10.7 Å². The van der Waals surface area contributed by atoms with Gasteiger partial charge in [0.2, 0.25) is 5.91 Å². The van der Waals surface area contributed by atoms with Gasteiger partial charge in [-0.3, -0.25) is 14.4 Å². The Bertz CT molecular complexity index is 1120. The van der Waals surface area contributed by atoms with Gasteiger partial charge in [-0.05, 0) is 48.9 Å². The molecule has 2 saturated heterocycles. The summed E-state index contributed by atoms with van der Waals surface area (Å²) in [6, 6.07) is 23.7. The Morgan fingerprint density at radius 2 is 1.57 bits per heavy atom. The van der Waals surface area contributed by atoms with E-state index in [0.717, 1.165) is 16.8 Å². The quantitative estimate of drug-likeness (QED) is 0.578. The number of benzene rings is 3.